The number of carbonyl (C=O) groups excluding carboxylic acids is 1. The second kappa shape index (κ2) is 14.3. The smallest absolute Gasteiger partial charge is 0.272 e. The van der Waals surface area contributed by atoms with E-state index in [4.69, 9.17) is 44.3 Å². The van der Waals surface area contributed by atoms with E-state index >= 15 is 0 Å². The summed E-state index contributed by atoms with van der Waals surface area (Å²) in [6.45, 7) is 0.248. The number of benzene rings is 4. The number of rotatable bonds is 9. The molecule has 5 rings (SSSR count). The summed E-state index contributed by atoms with van der Waals surface area (Å²) in [4.78, 5) is 13.1. The van der Waals surface area contributed by atoms with E-state index in [1.807, 2.05) is 91.0 Å². The van der Waals surface area contributed by atoms with Crippen molar-refractivity contribution >= 4 is 52.5 Å². The van der Waals surface area contributed by atoms with Crippen LogP contribution >= 0.6 is 46.6 Å². The van der Waals surface area contributed by atoms with Gasteiger partial charge in [0.05, 0.1) is 18.8 Å². The molecule has 5 nitrogen and oxygen atoms in total. The number of thioether (sulfide) groups is 1. The number of ether oxygens (including phenoxy) is 2. The van der Waals surface area contributed by atoms with E-state index in [0.29, 0.717) is 0 Å². The van der Waals surface area contributed by atoms with Crippen LogP contribution in [0.1, 0.15) is 41.1 Å². The molecule has 1 heterocycles. The number of amides is 1. The molecule has 2 N–H and O–H groups in total. The molecule has 4 aromatic rings. The van der Waals surface area contributed by atoms with Crippen molar-refractivity contribution in [2.45, 2.75) is 46.8 Å². The van der Waals surface area contributed by atoms with Crippen LogP contribution < -0.4 is 5.32 Å². The molecule has 0 radical (unpaired) electrons. The van der Waals surface area contributed by atoms with Crippen LogP contribution in [0.25, 0.3) is 11.1 Å². The van der Waals surface area contributed by atoms with Crippen LogP contribution in [0.3, 0.4) is 0 Å². The zero-order valence-corrected chi connectivity index (χ0v) is 25.7. The van der Waals surface area contributed by atoms with Crippen molar-refractivity contribution < 1.29 is 19.4 Å². The van der Waals surface area contributed by atoms with Crippen LogP contribution in [0.5, 0.6) is 0 Å². The second-order valence-corrected chi connectivity index (χ2v) is 13.4. The Balaban J connectivity index is 1.31. The first-order valence-corrected chi connectivity index (χ1v) is 15.6. The van der Waals surface area contributed by atoms with Crippen molar-refractivity contribution in [1.29, 1.82) is 0 Å². The first kappa shape index (κ1) is 30.9. The summed E-state index contributed by atoms with van der Waals surface area (Å²) in [7, 11) is 0. The van der Waals surface area contributed by atoms with Gasteiger partial charge in [-0.15, -0.1) is 11.8 Å². The average Bonchev–Trinajstić information content (AvgIpc) is 3.03. The maximum Gasteiger partial charge on any atom is 0.272 e. The van der Waals surface area contributed by atoms with E-state index in [9.17, 15) is 9.90 Å². The molecule has 3 unspecified atom stereocenters. The Morgan fingerprint density at radius 1 is 0.833 bits per heavy atom. The highest BCUT2D eigenvalue weighted by Crippen LogP contribution is 2.40. The Hall–Kier alpha value is -2.55. The van der Waals surface area contributed by atoms with E-state index in [1.54, 1.807) is 11.8 Å². The van der Waals surface area contributed by atoms with Crippen molar-refractivity contribution in [3.63, 3.8) is 0 Å². The number of hydrogen-bond acceptors (Lipinski definition) is 5. The Morgan fingerprint density at radius 3 is 2.24 bits per heavy atom. The molecule has 42 heavy (non-hydrogen) atoms. The van der Waals surface area contributed by atoms with Gasteiger partial charge < -0.3 is 19.9 Å². The Morgan fingerprint density at radius 2 is 1.55 bits per heavy atom. The largest absolute Gasteiger partial charge is 0.392 e. The molecule has 1 aliphatic rings. The van der Waals surface area contributed by atoms with Crippen molar-refractivity contribution in [2.75, 3.05) is 5.75 Å². The average molecular weight is 643 g/mol. The highest BCUT2D eigenvalue weighted by atomic mass is 35.6. The predicted molar refractivity (Wildman–Crippen MR) is 170 cm³/mol. The predicted octanol–water partition coefficient (Wildman–Crippen LogP) is 8.17. The van der Waals surface area contributed by atoms with Gasteiger partial charge in [0, 0.05) is 29.2 Å². The zero-order chi connectivity index (χ0) is 29.5. The first-order chi connectivity index (χ1) is 20.3. The lowest BCUT2D eigenvalue weighted by Crippen LogP contribution is -2.33. The molecule has 1 fully saturated rings. The number of halogens is 3. The lowest BCUT2D eigenvalue weighted by atomic mass is 9.99. The summed E-state index contributed by atoms with van der Waals surface area (Å²) >= 11 is 18.7. The fraction of sp³-hybridized carbons (Fsp3) is 0.242. The van der Waals surface area contributed by atoms with Gasteiger partial charge in [0.15, 0.2) is 6.29 Å². The van der Waals surface area contributed by atoms with E-state index < -0.39 is 16.0 Å². The lowest BCUT2D eigenvalue weighted by molar-refractivity contribution is -0.245. The number of carbonyl (C=O) groups is 1. The molecular weight excluding hydrogens is 613 g/mol. The Bertz CT molecular complexity index is 1460. The van der Waals surface area contributed by atoms with Gasteiger partial charge in [-0.2, -0.15) is 0 Å². The summed E-state index contributed by atoms with van der Waals surface area (Å²) in [6, 6.07) is 34.2. The number of aliphatic hydroxyl groups excluding tert-OH is 1. The number of aliphatic hydroxyl groups is 1. The summed E-state index contributed by atoms with van der Waals surface area (Å²) < 4.78 is 11.0. The van der Waals surface area contributed by atoms with Gasteiger partial charge in [-0.05, 0) is 46.0 Å². The lowest BCUT2D eigenvalue weighted by Gasteiger charge is -2.36. The van der Waals surface area contributed by atoms with Crippen molar-refractivity contribution in [3.8, 4) is 11.1 Å². The Labute approximate surface area is 265 Å². The van der Waals surface area contributed by atoms with Crippen molar-refractivity contribution in [1.82, 2.24) is 5.32 Å². The first-order valence-electron chi connectivity index (χ1n) is 13.5. The summed E-state index contributed by atoms with van der Waals surface area (Å²) in [5.74, 6) is 0.132. The zero-order valence-electron chi connectivity index (χ0n) is 22.6. The minimum Gasteiger partial charge on any atom is -0.392 e. The molecule has 0 bridgehead atoms. The molecule has 3 atom stereocenters. The molecule has 1 aliphatic heterocycles. The number of hydrogen-bond donors (Lipinski definition) is 2. The molecule has 0 spiro atoms. The van der Waals surface area contributed by atoms with E-state index in [-0.39, 0.29) is 25.4 Å². The Kier molecular flexibility index (Phi) is 10.5. The van der Waals surface area contributed by atoms with E-state index in [2.05, 4.69) is 17.4 Å². The van der Waals surface area contributed by atoms with Gasteiger partial charge in [0.2, 0.25) is 0 Å². The topological polar surface area (TPSA) is 67.8 Å². The van der Waals surface area contributed by atoms with Gasteiger partial charge >= 0.3 is 0 Å². The van der Waals surface area contributed by atoms with Crippen LogP contribution in [-0.4, -0.2) is 26.7 Å². The number of nitrogens with one attached hydrogen (secondary N) is 1. The van der Waals surface area contributed by atoms with Crippen LogP contribution in [0.2, 0.25) is 0 Å². The summed E-state index contributed by atoms with van der Waals surface area (Å²) in [5.41, 5.74) is 5.74. The third-order valence-electron chi connectivity index (χ3n) is 6.95. The third-order valence-corrected chi connectivity index (χ3v) is 8.61. The standard InChI is InChI=1S/C33H30Cl3NO4S/c34-33(35,36)32(39)37-19-23-5-4-6-27(17-23)24-13-15-26(16-14-24)31-40-28(21-42-29-7-2-1-3-8-29)18-30(41-31)25-11-9-22(20-38)10-12-25/h1-17,28,30-31,38H,18-21H2,(H,37,39). The van der Waals surface area contributed by atoms with E-state index in [0.717, 1.165) is 45.6 Å². The van der Waals surface area contributed by atoms with Gasteiger partial charge in [-0.3, -0.25) is 4.79 Å². The van der Waals surface area contributed by atoms with Gasteiger partial charge in [-0.25, -0.2) is 0 Å². The van der Waals surface area contributed by atoms with Gasteiger partial charge in [0.25, 0.3) is 9.70 Å². The van der Waals surface area contributed by atoms with Gasteiger partial charge in [-0.1, -0.05) is 120 Å². The summed E-state index contributed by atoms with van der Waals surface area (Å²) in [5, 5.41) is 12.1. The molecule has 218 valence electrons. The van der Waals surface area contributed by atoms with Crippen LogP contribution in [0.15, 0.2) is 108 Å². The van der Waals surface area contributed by atoms with Crippen LogP contribution in [-0.2, 0) is 27.4 Å². The second-order valence-electron chi connectivity index (χ2n) is 9.98. The minimum absolute atomic E-state index is 0.00668. The van der Waals surface area contributed by atoms with Crippen molar-refractivity contribution in [3.05, 3.63) is 125 Å². The normalized spacial score (nSPS) is 18.9. The van der Waals surface area contributed by atoms with Crippen LogP contribution in [0, 0.1) is 0 Å². The molecule has 0 aromatic heterocycles. The maximum absolute atomic E-state index is 11.9. The number of alkyl halides is 3. The SMILES string of the molecule is O=C(NCc1cccc(-c2ccc(C3OC(CSc4ccccc4)CC(c4ccc(CO)cc4)O3)cc2)c1)C(Cl)(Cl)Cl. The third kappa shape index (κ3) is 8.29. The quantitative estimate of drug-likeness (QED) is 0.142. The van der Waals surface area contributed by atoms with Crippen molar-refractivity contribution in [2.24, 2.45) is 0 Å². The molecule has 0 aliphatic carbocycles. The van der Waals surface area contributed by atoms with Crippen LogP contribution in [0.4, 0.5) is 0 Å². The molecule has 9 heteroatoms. The molecule has 4 aromatic carbocycles. The van der Waals surface area contributed by atoms with E-state index in [1.165, 1.54) is 4.90 Å². The molecular formula is C33H30Cl3NO4S. The summed E-state index contributed by atoms with van der Waals surface area (Å²) in [6.07, 6.45) is 0.0436. The fourth-order valence-corrected chi connectivity index (χ4v) is 5.85. The van der Waals surface area contributed by atoms with Gasteiger partial charge in [0.1, 0.15) is 0 Å². The maximum atomic E-state index is 11.9. The molecule has 1 amide bonds. The highest BCUT2D eigenvalue weighted by molar-refractivity contribution is 7.99. The minimum atomic E-state index is -2.00. The fourth-order valence-electron chi connectivity index (χ4n) is 4.70. The molecule has 1 saturated heterocycles. The molecule has 0 saturated carbocycles. The highest BCUT2D eigenvalue weighted by Gasteiger charge is 2.32. The monoisotopic (exact) mass is 641 g/mol.